The third-order valence-corrected chi connectivity index (χ3v) is 3.61. The number of ether oxygens (including phenoxy) is 1. The molecule has 0 fully saturated rings. The molecule has 0 heterocycles. The zero-order chi connectivity index (χ0) is 18.4. The van der Waals surface area contributed by atoms with Crippen molar-refractivity contribution in [2.75, 3.05) is 6.54 Å². The second-order valence-electron chi connectivity index (χ2n) is 4.89. The van der Waals surface area contributed by atoms with E-state index in [2.05, 4.69) is 21.2 Å². The molecule has 0 saturated heterocycles. The normalized spacial score (nSPS) is 10.2. The first-order chi connectivity index (χ1) is 11.9. The summed E-state index contributed by atoms with van der Waals surface area (Å²) in [5, 5.41) is 13.0. The second-order valence-corrected chi connectivity index (χ2v) is 5.80. The lowest BCUT2D eigenvalue weighted by molar-refractivity contribution is -0.384. The van der Waals surface area contributed by atoms with Gasteiger partial charge in [-0.2, -0.15) is 0 Å². The number of benzene rings is 2. The third-order valence-electron chi connectivity index (χ3n) is 3.12. The molecule has 1 amide bonds. The van der Waals surface area contributed by atoms with Gasteiger partial charge in [0.15, 0.2) is 0 Å². The molecule has 130 valence electrons. The molecule has 0 radical (unpaired) electrons. The van der Waals surface area contributed by atoms with E-state index < -0.39 is 29.2 Å². The van der Waals surface area contributed by atoms with E-state index in [9.17, 15) is 24.1 Å². The Labute approximate surface area is 150 Å². The fourth-order valence-electron chi connectivity index (χ4n) is 1.86. The number of nitro groups is 1. The smallest absolute Gasteiger partial charge is 0.325 e. The summed E-state index contributed by atoms with van der Waals surface area (Å²) < 4.78 is 19.0. The number of halogens is 2. The van der Waals surface area contributed by atoms with E-state index in [1.165, 1.54) is 30.3 Å². The van der Waals surface area contributed by atoms with E-state index >= 15 is 0 Å². The van der Waals surface area contributed by atoms with Gasteiger partial charge in [0.25, 0.3) is 11.6 Å². The largest absolute Gasteiger partial charge is 0.459 e. The summed E-state index contributed by atoms with van der Waals surface area (Å²) in [7, 11) is 0. The SMILES string of the molecule is O=C(CNC(=O)c1cccc([N+](=O)[O-])c1)OCc1ccc(Br)cc1F. The van der Waals surface area contributed by atoms with Gasteiger partial charge in [-0.3, -0.25) is 19.7 Å². The van der Waals surface area contributed by atoms with Crippen molar-refractivity contribution in [3.05, 3.63) is 74.0 Å². The number of rotatable bonds is 6. The van der Waals surface area contributed by atoms with Crippen LogP contribution in [-0.4, -0.2) is 23.3 Å². The summed E-state index contributed by atoms with van der Waals surface area (Å²) in [6, 6.07) is 9.40. The average molecular weight is 411 g/mol. The zero-order valence-electron chi connectivity index (χ0n) is 12.7. The molecular weight excluding hydrogens is 399 g/mol. The molecule has 2 aromatic rings. The number of hydrogen-bond donors (Lipinski definition) is 1. The van der Waals surface area contributed by atoms with Gasteiger partial charge < -0.3 is 10.1 Å². The first-order valence-electron chi connectivity index (χ1n) is 6.99. The van der Waals surface area contributed by atoms with E-state index in [4.69, 9.17) is 4.74 Å². The van der Waals surface area contributed by atoms with E-state index in [1.54, 1.807) is 6.07 Å². The Bertz CT molecular complexity index is 828. The van der Waals surface area contributed by atoms with Gasteiger partial charge in [-0.05, 0) is 18.2 Å². The van der Waals surface area contributed by atoms with Crippen LogP contribution in [0, 0.1) is 15.9 Å². The summed E-state index contributed by atoms with van der Waals surface area (Å²) in [6.45, 7) is -0.718. The average Bonchev–Trinajstić information content (AvgIpc) is 2.59. The van der Waals surface area contributed by atoms with Gasteiger partial charge >= 0.3 is 5.97 Å². The number of amides is 1. The topological polar surface area (TPSA) is 98.5 Å². The number of carbonyl (C=O) groups excluding carboxylic acids is 2. The van der Waals surface area contributed by atoms with Crippen LogP contribution < -0.4 is 5.32 Å². The van der Waals surface area contributed by atoms with E-state index in [-0.39, 0.29) is 23.4 Å². The van der Waals surface area contributed by atoms with E-state index in [0.29, 0.717) is 4.47 Å². The highest BCUT2D eigenvalue weighted by atomic mass is 79.9. The van der Waals surface area contributed by atoms with E-state index in [1.807, 2.05) is 0 Å². The number of nitrogens with one attached hydrogen (secondary N) is 1. The van der Waals surface area contributed by atoms with Crippen molar-refractivity contribution in [1.29, 1.82) is 0 Å². The summed E-state index contributed by atoms with van der Waals surface area (Å²) in [5.74, 6) is -1.95. The highest BCUT2D eigenvalue weighted by Crippen LogP contribution is 2.16. The number of carbonyl (C=O) groups is 2. The van der Waals surface area contributed by atoms with Crippen molar-refractivity contribution in [2.24, 2.45) is 0 Å². The molecule has 25 heavy (non-hydrogen) atoms. The lowest BCUT2D eigenvalue weighted by atomic mass is 10.2. The number of esters is 1. The maximum Gasteiger partial charge on any atom is 0.325 e. The molecule has 0 unspecified atom stereocenters. The molecule has 0 aliphatic carbocycles. The fraction of sp³-hybridized carbons (Fsp3) is 0.125. The highest BCUT2D eigenvalue weighted by molar-refractivity contribution is 9.10. The van der Waals surface area contributed by atoms with Crippen molar-refractivity contribution >= 4 is 33.5 Å². The Kier molecular flexibility index (Phi) is 6.18. The number of nitro benzene ring substituents is 1. The molecule has 0 spiro atoms. The van der Waals surface area contributed by atoms with Crippen LogP contribution in [0.3, 0.4) is 0 Å². The highest BCUT2D eigenvalue weighted by Gasteiger charge is 2.13. The van der Waals surface area contributed by atoms with Crippen molar-refractivity contribution in [3.63, 3.8) is 0 Å². The molecular formula is C16H12BrFN2O5. The summed E-state index contributed by atoms with van der Waals surface area (Å²) in [6.07, 6.45) is 0. The van der Waals surface area contributed by atoms with Crippen LogP contribution in [0.1, 0.15) is 15.9 Å². The first-order valence-corrected chi connectivity index (χ1v) is 7.78. The molecule has 1 N–H and O–H groups in total. The predicted molar refractivity (Wildman–Crippen MR) is 89.3 cm³/mol. The van der Waals surface area contributed by atoms with Gasteiger partial charge in [-0.15, -0.1) is 0 Å². The van der Waals surface area contributed by atoms with Crippen molar-refractivity contribution in [3.8, 4) is 0 Å². The molecule has 0 bridgehead atoms. The minimum Gasteiger partial charge on any atom is -0.459 e. The molecule has 9 heteroatoms. The third kappa shape index (κ3) is 5.35. The Morgan fingerprint density at radius 2 is 2.00 bits per heavy atom. The lowest BCUT2D eigenvalue weighted by Gasteiger charge is -2.07. The Morgan fingerprint density at radius 1 is 1.24 bits per heavy atom. The van der Waals surface area contributed by atoms with Crippen LogP contribution in [0.2, 0.25) is 0 Å². The Morgan fingerprint density at radius 3 is 2.68 bits per heavy atom. The van der Waals surface area contributed by atoms with Crippen LogP contribution in [0.4, 0.5) is 10.1 Å². The van der Waals surface area contributed by atoms with Crippen LogP contribution in [-0.2, 0) is 16.1 Å². The van der Waals surface area contributed by atoms with Gasteiger partial charge in [0.1, 0.15) is 19.0 Å². The van der Waals surface area contributed by atoms with Crippen LogP contribution in [0.5, 0.6) is 0 Å². The maximum absolute atomic E-state index is 13.6. The van der Waals surface area contributed by atoms with E-state index in [0.717, 1.165) is 6.07 Å². The van der Waals surface area contributed by atoms with Crippen LogP contribution in [0.25, 0.3) is 0 Å². The summed E-state index contributed by atoms with van der Waals surface area (Å²) in [5.41, 5.74) is 0.00320. The minimum absolute atomic E-state index is 0.0426. The van der Waals surface area contributed by atoms with Crippen molar-refractivity contribution < 1.29 is 23.6 Å². The Hall–Kier alpha value is -2.81. The number of nitrogens with zero attached hydrogens (tertiary/aromatic N) is 1. The quantitative estimate of drug-likeness (QED) is 0.448. The lowest BCUT2D eigenvalue weighted by Crippen LogP contribution is -2.30. The van der Waals surface area contributed by atoms with Gasteiger partial charge in [0.2, 0.25) is 0 Å². The van der Waals surface area contributed by atoms with Crippen LogP contribution >= 0.6 is 15.9 Å². The molecule has 0 aromatic heterocycles. The fourth-order valence-corrected chi connectivity index (χ4v) is 2.20. The van der Waals surface area contributed by atoms with Crippen molar-refractivity contribution in [2.45, 2.75) is 6.61 Å². The molecule has 0 saturated carbocycles. The molecule has 7 nitrogen and oxygen atoms in total. The molecule has 2 aromatic carbocycles. The first kappa shape index (κ1) is 18.5. The van der Waals surface area contributed by atoms with Crippen LogP contribution in [0.15, 0.2) is 46.9 Å². The standard InChI is InChI=1S/C16H12BrFN2O5/c17-12-5-4-11(14(18)7-12)9-25-15(21)8-19-16(22)10-2-1-3-13(6-10)20(23)24/h1-7H,8-9H2,(H,19,22). The Balaban J connectivity index is 1.86. The summed E-state index contributed by atoms with van der Waals surface area (Å²) >= 11 is 3.12. The monoisotopic (exact) mass is 410 g/mol. The molecule has 2 rings (SSSR count). The molecule has 0 aliphatic heterocycles. The molecule has 0 atom stereocenters. The maximum atomic E-state index is 13.6. The van der Waals surface area contributed by atoms with Gasteiger partial charge in [-0.25, -0.2) is 4.39 Å². The number of hydrogen-bond acceptors (Lipinski definition) is 5. The van der Waals surface area contributed by atoms with Gasteiger partial charge in [0, 0.05) is 27.7 Å². The van der Waals surface area contributed by atoms with Gasteiger partial charge in [-0.1, -0.05) is 28.1 Å². The van der Waals surface area contributed by atoms with Gasteiger partial charge in [0.05, 0.1) is 4.92 Å². The minimum atomic E-state index is -0.763. The number of non-ortho nitro benzene ring substituents is 1. The molecule has 0 aliphatic rings. The predicted octanol–water partition coefficient (Wildman–Crippen LogP) is 2.97. The zero-order valence-corrected chi connectivity index (χ0v) is 14.3. The second kappa shape index (κ2) is 8.34. The summed E-state index contributed by atoms with van der Waals surface area (Å²) in [4.78, 5) is 33.6. The van der Waals surface area contributed by atoms with Crippen molar-refractivity contribution in [1.82, 2.24) is 5.32 Å².